The van der Waals surface area contributed by atoms with Gasteiger partial charge in [-0.2, -0.15) is 0 Å². The van der Waals surface area contributed by atoms with E-state index in [4.69, 9.17) is 5.73 Å². The second-order valence-corrected chi connectivity index (χ2v) is 6.30. The fraction of sp³-hybridized carbons (Fsp3) is 0.667. The summed E-state index contributed by atoms with van der Waals surface area (Å²) in [5.74, 6) is 0.675. The summed E-state index contributed by atoms with van der Waals surface area (Å²) in [5.41, 5.74) is 9.39. The van der Waals surface area contributed by atoms with E-state index in [1.54, 1.807) is 11.1 Å². The summed E-state index contributed by atoms with van der Waals surface area (Å²) in [6.45, 7) is 6.42. The number of fused-ring (bicyclic) bond motifs is 1. The van der Waals surface area contributed by atoms with Crippen LogP contribution in [0.1, 0.15) is 56.6 Å². The molecule has 0 aromatic heterocycles. The van der Waals surface area contributed by atoms with Gasteiger partial charge in [0.1, 0.15) is 0 Å². The lowest BCUT2D eigenvalue weighted by atomic mass is 9.81. The largest absolute Gasteiger partial charge is 0.329 e. The molecule has 0 heterocycles. The molecule has 1 aliphatic rings. The van der Waals surface area contributed by atoms with Gasteiger partial charge in [-0.15, -0.1) is 0 Å². The molecule has 1 aromatic carbocycles. The van der Waals surface area contributed by atoms with Crippen LogP contribution in [0.3, 0.4) is 0 Å². The van der Waals surface area contributed by atoms with E-state index in [2.05, 4.69) is 50.1 Å². The standard InChI is InChI=1S/C18H30N2/c1-4-18(5-2,14-19)20(3)13-16-11-8-10-15-9-6-7-12-17(15)16/h6-7,9,12,16H,4-5,8,10-11,13-14,19H2,1-3H3. The third-order valence-corrected chi connectivity index (χ3v) is 5.49. The highest BCUT2D eigenvalue weighted by Gasteiger charge is 2.32. The summed E-state index contributed by atoms with van der Waals surface area (Å²) in [4.78, 5) is 2.53. The quantitative estimate of drug-likeness (QED) is 0.859. The SMILES string of the molecule is CCC(CC)(CN)N(C)CC1CCCc2ccccc21. The van der Waals surface area contributed by atoms with Crippen molar-refractivity contribution in [2.45, 2.75) is 57.4 Å². The van der Waals surface area contributed by atoms with Gasteiger partial charge in [0.25, 0.3) is 0 Å². The monoisotopic (exact) mass is 274 g/mol. The van der Waals surface area contributed by atoms with E-state index in [1.807, 2.05) is 0 Å². The number of hydrogen-bond acceptors (Lipinski definition) is 2. The van der Waals surface area contributed by atoms with Gasteiger partial charge < -0.3 is 5.73 Å². The van der Waals surface area contributed by atoms with Crippen LogP contribution in [0.4, 0.5) is 0 Å². The Morgan fingerprint density at radius 1 is 1.25 bits per heavy atom. The average Bonchev–Trinajstić information content (AvgIpc) is 2.50. The Morgan fingerprint density at radius 3 is 2.60 bits per heavy atom. The fourth-order valence-corrected chi connectivity index (χ4v) is 3.80. The van der Waals surface area contributed by atoms with Gasteiger partial charge in [-0.25, -0.2) is 0 Å². The number of nitrogens with zero attached hydrogens (tertiary/aromatic N) is 1. The zero-order valence-electron chi connectivity index (χ0n) is 13.4. The van der Waals surface area contributed by atoms with E-state index in [1.165, 1.54) is 19.3 Å². The van der Waals surface area contributed by atoms with Gasteiger partial charge in [0.05, 0.1) is 0 Å². The first kappa shape index (κ1) is 15.5. The van der Waals surface area contributed by atoms with Gasteiger partial charge in [0.2, 0.25) is 0 Å². The molecule has 1 aromatic rings. The summed E-state index contributed by atoms with van der Waals surface area (Å²) in [7, 11) is 2.26. The molecule has 112 valence electrons. The molecule has 1 unspecified atom stereocenters. The van der Waals surface area contributed by atoms with Crippen LogP contribution in [0, 0.1) is 0 Å². The van der Waals surface area contributed by atoms with Gasteiger partial charge in [-0.3, -0.25) is 4.90 Å². The van der Waals surface area contributed by atoms with Gasteiger partial charge >= 0.3 is 0 Å². The van der Waals surface area contributed by atoms with Crippen LogP contribution in [0.5, 0.6) is 0 Å². The zero-order valence-corrected chi connectivity index (χ0v) is 13.4. The van der Waals surface area contributed by atoms with Crippen LogP contribution in [-0.4, -0.2) is 30.6 Å². The molecule has 2 nitrogen and oxygen atoms in total. The minimum atomic E-state index is 0.173. The third kappa shape index (κ3) is 2.91. The number of rotatable bonds is 6. The number of likely N-dealkylation sites (N-methyl/N-ethyl adjacent to an activating group) is 1. The number of benzene rings is 1. The Hall–Kier alpha value is -0.860. The van der Waals surface area contributed by atoms with Crippen molar-refractivity contribution < 1.29 is 0 Å². The molecule has 0 fully saturated rings. The zero-order chi connectivity index (χ0) is 14.6. The highest BCUT2D eigenvalue weighted by atomic mass is 15.2. The molecule has 0 bridgehead atoms. The van der Waals surface area contributed by atoms with Gasteiger partial charge in [0.15, 0.2) is 0 Å². The van der Waals surface area contributed by atoms with Crippen molar-refractivity contribution in [3.05, 3.63) is 35.4 Å². The smallest absolute Gasteiger partial charge is 0.0323 e. The molecular weight excluding hydrogens is 244 g/mol. The molecule has 0 saturated heterocycles. The van der Waals surface area contributed by atoms with E-state index in [9.17, 15) is 0 Å². The average molecular weight is 274 g/mol. The predicted octanol–water partition coefficient (Wildman–Crippen LogP) is 3.56. The van der Waals surface area contributed by atoms with E-state index in [0.717, 1.165) is 25.9 Å². The van der Waals surface area contributed by atoms with Crippen molar-refractivity contribution >= 4 is 0 Å². The lowest BCUT2D eigenvalue weighted by Crippen LogP contribution is -2.52. The molecule has 2 N–H and O–H groups in total. The van der Waals surface area contributed by atoms with Crippen molar-refractivity contribution in [3.8, 4) is 0 Å². The van der Waals surface area contributed by atoms with E-state index in [-0.39, 0.29) is 5.54 Å². The van der Waals surface area contributed by atoms with Crippen molar-refractivity contribution in [1.82, 2.24) is 4.90 Å². The van der Waals surface area contributed by atoms with E-state index >= 15 is 0 Å². The Bertz CT molecular complexity index is 415. The van der Waals surface area contributed by atoms with Crippen LogP contribution in [-0.2, 0) is 6.42 Å². The molecule has 0 spiro atoms. The van der Waals surface area contributed by atoms with Crippen molar-refractivity contribution in [3.63, 3.8) is 0 Å². The minimum absolute atomic E-state index is 0.173. The maximum atomic E-state index is 6.09. The Morgan fingerprint density at radius 2 is 1.95 bits per heavy atom. The molecule has 0 saturated carbocycles. The number of nitrogens with two attached hydrogens (primary N) is 1. The second kappa shape index (κ2) is 6.73. The van der Waals surface area contributed by atoms with E-state index < -0.39 is 0 Å². The molecule has 20 heavy (non-hydrogen) atoms. The minimum Gasteiger partial charge on any atom is -0.329 e. The summed E-state index contributed by atoms with van der Waals surface area (Å²) in [6.07, 6.45) is 6.15. The Kier molecular flexibility index (Phi) is 5.22. The van der Waals surface area contributed by atoms with Crippen LogP contribution in [0.2, 0.25) is 0 Å². The van der Waals surface area contributed by atoms with Crippen LogP contribution in [0.25, 0.3) is 0 Å². The molecule has 2 rings (SSSR count). The summed E-state index contributed by atoms with van der Waals surface area (Å²) in [5, 5.41) is 0. The van der Waals surface area contributed by atoms with Crippen LogP contribution >= 0.6 is 0 Å². The normalized spacial score (nSPS) is 19.1. The van der Waals surface area contributed by atoms with Crippen molar-refractivity contribution in [1.29, 1.82) is 0 Å². The fourth-order valence-electron chi connectivity index (χ4n) is 3.80. The molecule has 0 amide bonds. The summed E-state index contributed by atoms with van der Waals surface area (Å²) < 4.78 is 0. The topological polar surface area (TPSA) is 29.3 Å². The first-order chi connectivity index (χ1) is 9.66. The number of hydrogen-bond donors (Lipinski definition) is 1. The van der Waals surface area contributed by atoms with E-state index in [0.29, 0.717) is 5.92 Å². The molecule has 1 atom stereocenters. The highest BCUT2D eigenvalue weighted by Crippen LogP contribution is 2.34. The molecule has 2 heteroatoms. The van der Waals surface area contributed by atoms with Crippen LogP contribution < -0.4 is 5.73 Å². The first-order valence-electron chi connectivity index (χ1n) is 8.16. The van der Waals surface area contributed by atoms with Gasteiger partial charge in [-0.1, -0.05) is 38.1 Å². The Balaban J connectivity index is 2.15. The molecular formula is C18H30N2. The van der Waals surface area contributed by atoms with Crippen LogP contribution in [0.15, 0.2) is 24.3 Å². The number of aryl methyl sites for hydroxylation is 1. The lowest BCUT2D eigenvalue weighted by Gasteiger charge is -2.42. The van der Waals surface area contributed by atoms with Crippen molar-refractivity contribution in [2.24, 2.45) is 5.73 Å². The molecule has 0 aliphatic heterocycles. The first-order valence-corrected chi connectivity index (χ1v) is 8.16. The highest BCUT2D eigenvalue weighted by molar-refractivity contribution is 5.32. The van der Waals surface area contributed by atoms with Gasteiger partial charge in [-0.05, 0) is 56.2 Å². The van der Waals surface area contributed by atoms with Gasteiger partial charge in [0, 0.05) is 18.6 Å². The summed E-state index contributed by atoms with van der Waals surface area (Å²) >= 11 is 0. The molecule has 1 aliphatic carbocycles. The maximum absolute atomic E-state index is 6.09. The predicted molar refractivity (Wildman–Crippen MR) is 87.1 cm³/mol. The molecule has 0 radical (unpaired) electrons. The van der Waals surface area contributed by atoms with Crippen molar-refractivity contribution in [2.75, 3.05) is 20.1 Å². The maximum Gasteiger partial charge on any atom is 0.0323 e. The summed E-state index contributed by atoms with van der Waals surface area (Å²) in [6, 6.07) is 8.99. The third-order valence-electron chi connectivity index (χ3n) is 5.49. The Labute approximate surface area is 124 Å². The second-order valence-electron chi connectivity index (χ2n) is 6.30. The lowest BCUT2D eigenvalue weighted by molar-refractivity contribution is 0.105.